The van der Waals surface area contributed by atoms with Crippen molar-refractivity contribution in [2.45, 2.75) is 31.7 Å². The van der Waals surface area contributed by atoms with Crippen LogP contribution in [0, 0.1) is 0 Å². The smallest absolute Gasteiger partial charge is 0.319 e. The van der Waals surface area contributed by atoms with E-state index < -0.39 is 5.54 Å². The largest absolute Gasteiger partial charge is 0.325 e. The van der Waals surface area contributed by atoms with Crippen molar-refractivity contribution in [3.05, 3.63) is 35.9 Å². The molecule has 1 aromatic rings. The maximum absolute atomic E-state index is 12.4. The van der Waals surface area contributed by atoms with Crippen molar-refractivity contribution in [2.75, 3.05) is 7.05 Å². The molecule has 0 radical (unpaired) electrons. The minimum atomic E-state index is -0.872. The van der Waals surface area contributed by atoms with Crippen LogP contribution in [0.3, 0.4) is 0 Å². The summed E-state index contributed by atoms with van der Waals surface area (Å²) in [5.74, 6) is -0.160. The summed E-state index contributed by atoms with van der Waals surface area (Å²) in [6.07, 6.45) is 2.53. The molecule has 0 bridgehead atoms. The Balaban J connectivity index is 2.42. The molecule has 2 rings (SSSR count). The number of hydrogen-bond donors (Lipinski definition) is 1. The van der Waals surface area contributed by atoms with Crippen LogP contribution < -0.4 is 5.32 Å². The maximum Gasteiger partial charge on any atom is 0.325 e. The van der Waals surface area contributed by atoms with E-state index in [4.69, 9.17) is 0 Å². The van der Waals surface area contributed by atoms with Crippen molar-refractivity contribution < 1.29 is 9.59 Å². The fourth-order valence-corrected chi connectivity index (χ4v) is 2.37. The first-order valence-corrected chi connectivity index (χ1v) is 6.27. The standard InChI is InChI=1S/C14H18N2O2/c1-3-4-10-14(11-8-6-5-7-9-11)12(17)16(2)13(18)15-14/h5-9H,3-4,10H2,1-2H3,(H,15,18). The topological polar surface area (TPSA) is 49.4 Å². The molecule has 4 nitrogen and oxygen atoms in total. The van der Waals surface area contributed by atoms with E-state index in [2.05, 4.69) is 12.2 Å². The molecule has 1 saturated heterocycles. The van der Waals surface area contributed by atoms with Crippen LogP contribution in [0.5, 0.6) is 0 Å². The van der Waals surface area contributed by atoms with Gasteiger partial charge in [-0.3, -0.25) is 9.69 Å². The number of unbranched alkanes of at least 4 members (excludes halogenated alkanes) is 1. The van der Waals surface area contributed by atoms with E-state index in [9.17, 15) is 9.59 Å². The Bertz CT molecular complexity index is 458. The number of imide groups is 1. The molecule has 0 spiro atoms. The summed E-state index contributed by atoms with van der Waals surface area (Å²) < 4.78 is 0. The van der Waals surface area contributed by atoms with Gasteiger partial charge in [-0.1, -0.05) is 50.1 Å². The minimum Gasteiger partial charge on any atom is -0.319 e. The number of nitrogens with zero attached hydrogens (tertiary/aromatic N) is 1. The molecule has 4 heteroatoms. The SMILES string of the molecule is CCCCC1(c2ccccc2)NC(=O)N(C)C1=O. The molecule has 1 aliphatic rings. The van der Waals surface area contributed by atoms with Gasteiger partial charge in [-0.15, -0.1) is 0 Å². The van der Waals surface area contributed by atoms with Crippen LogP contribution >= 0.6 is 0 Å². The molecule has 0 aromatic heterocycles. The van der Waals surface area contributed by atoms with Crippen LogP contribution in [0.1, 0.15) is 31.7 Å². The van der Waals surface area contributed by atoms with E-state index in [1.807, 2.05) is 30.3 Å². The van der Waals surface area contributed by atoms with Crippen LogP contribution in [0.4, 0.5) is 4.79 Å². The number of carbonyl (C=O) groups excluding carboxylic acids is 2. The van der Waals surface area contributed by atoms with Gasteiger partial charge in [0.15, 0.2) is 0 Å². The van der Waals surface area contributed by atoms with Gasteiger partial charge in [0.25, 0.3) is 5.91 Å². The summed E-state index contributed by atoms with van der Waals surface area (Å²) >= 11 is 0. The van der Waals surface area contributed by atoms with Crippen molar-refractivity contribution in [2.24, 2.45) is 0 Å². The molecule has 1 heterocycles. The molecular weight excluding hydrogens is 228 g/mol. The average Bonchev–Trinajstić information content (AvgIpc) is 2.63. The van der Waals surface area contributed by atoms with Gasteiger partial charge < -0.3 is 5.32 Å². The second-order valence-electron chi connectivity index (χ2n) is 4.67. The Kier molecular flexibility index (Phi) is 3.36. The maximum atomic E-state index is 12.4. The summed E-state index contributed by atoms with van der Waals surface area (Å²) in [7, 11) is 1.52. The lowest BCUT2D eigenvalue weighted by Crippen LogP contribution is -2.43. The Morgan fingerprint density at radius 1 is 1.22 bits per heavy atom. The second-order valence-corrected chi connectivity index (χ2v) is 4.67. The van der Waals surface area contributed by atoms with E-state index in [1.165, 1.54) is 11.9 Å². The van der Waals surface area contributed by atoms with Crippen molar-refractivity contribution in [3.63, 3.8) is 0 Å². The lowest BCUT2D eigenvalue weighted by Gasteiger charge is -2.26. The monoisotopic (exact) mass is 246 g/mol. The summed E-state index contributed by atoms with van der Waals surface area (Å²) in [6.45, 7) is 2.07. The van der Waals surface area contributed by atoms with E-state index in [0.717, 1.165) is 18.4 Å². The molecular formula is C14H18N2O2. The van der Waals surface area contributed by atoms with Gasteiger partial charge in [0.05, 0.1) is 0 Å². The Morgan fingerprint density at radius 2 is 1.89 bits per heavy atom. The minimum absolute atomic E-state index is 0.160. The molecule has 18 heavy (non-hydrogen) atoms. The number of likely N-dealkylation sites (N-methyl/N-ethyl adjacent to an activating group) is 1. The number of nitrogens with one attached hydrogen (secondary N) is 1. The number of rotatable bonds is 4. The van der Waals surface area contributed by atoms with Crippen LogP contribution in [-0.4, -0.2) is 23.9 Å². The molecule has 1 aromatic carbocycles. The molecule has 3 amide bonds. The fourth-order valence-electron chi connectivity index (χ4n) is 2.37. The first-order chi connectivity index (χ1) is 8.62. The van der Waals surface area contributed by atoms with Gasteiger partial charge >= 0.3 is 6.03 Å². The zero-order valence-electron chi connectivity index (χ0n) is 10.8. The van der Waals surface area contributed by atoms with Gasteiger partial charge in [0.2, 0.25) is 0 Å². The van der Waals surface area contributed by atoms with Crippen molar-refractivity contribution in [1.29, 1.82) is 0 Å². The van der Waals surface area contributed by atoms with E-state index in [-0.39, 0.29) is 11.9 Å². The molecule has 1 fully saturated rings. The predicted molar refractivity (Wildman–Crippen MR) is 68.9 cm³/mol. The summed E-state index contributed by atoms with van der Waals surface area (Å²) in [6, 6.07) is 9.16. The quantitative estimate of drug-likeness (QED) is 0.828. The third kappa shape index (κ3) is 1.88. The molecule has 96 valence electrons. The molecule has 0 saturated carbocycles. The van der Waals surface area contributed by atoms with Gasteiger partial charge in [0.1, 0.15) is 5.54 Å². The Hall–Kier alpha value is -1.84. The lowest BCUT2D eigenvalue weighted by atomic mass is 9.85. The van der Waals surface area contributed by atoms with Crippen LogP contribution in [0.15, 0.2) is 30.3 Å². The molecule has 1 N–H and O–H groups in total. The molecule has 1 unspecified atom stereocenters. The van der Waals surface area contributed by atoms with Gasteiger partial charge in [0, 0.05) is 7.05 Å². The zero-order chi connectivity index (χ0) is 13.2. The predicted octanol–water partition coefficient (Wildman–Crippen LogP) is 2.25. The number of urea groups is 1. The van der Waals surface area contributed by atoms with Crippen LogP contribution in [0.2, 0.25) is 0 Å². The van der Waals surface area contributed by atoms with Gasteiger partial charge in [-0.05, 0) is 12.0 Å². The first-order valence-electron chi connectivity index (χ1n) is 6.27. The van der Waals surface area contributed by atoms with Crippen LogP contribution in [0.25, 0.3) is 0 Å². The van der Waals surface area contributed by atoms with Crippen molar-refractivity contribution >= 4 is 11.9 Å². The van der Waals surface area contributed by atoms with Crippen LogP contribution in [-0.2, 0) is 10.3 Å². The Morgan fingerprint density at radius 3 is 2.39 bits per heavy atom. The third-order valence-corrected chi connectivity index (χ3v) is 3.47. The second kappa shape index (κ2) is 4.80. The van der Waals surface area contributed by atoms with E-state index in [1.54, 1.807) is 0 Å². The van der Waals surface area contributed by atoms with E-state index >= 15 is 0 Å². The summed E-state index contributed by atoms with van der Waals surface area (Å²) in [5, 5.41) is 2.86. The number of benzene rings is 1. The van der Waals surface area contributed by atoms with Gasteiger partial charge in [-0.2, -0.15) is 0 Å². The van der Waals surface area contributed by atoms with E-state index in [0.29, 0.717) is 6.42 Å². The highest BCUT2D eigenvalue weighted by atomic mass is 16.2. The zero-order valence-corrected chi connectivity index (χ0v) is 10.8. The van der Waals surface area contributed by atoms with Gasteiger partial charge in [-0.25, -0.2) is 4.79 Å². The summed E-state index contributed by atoms with van der Waals surface area (Å²) in [5.41, 5.74) is -0.00975. The molecule has 1 atom stereocenters. The first kappa shape index (κ1) is 12.6. The number of carbonyl (C=O) groups is 2. The Labute approximate surface area is 107 Å². The highest BCUT2D eigenvalue weighted by Gasteiger charge is 2.50. The number of hydrogen-bond acceptors (Lipinski definition) is 2. The normalized spacial score (nSPS) is 23.3. The molecule has 0 aliphatic carbocycles. The highest BCUT2D eigenvalue weighted by Crippen LogP contribution is 2.33. The highest BCUT2D eigenvalue weighted by molar-refractivity contribution is 6.07. The van der Waals surface area contributed by atoms with Crippen molar-refractivity contribution in [3.8, 4) is 0 Å². The summed E-state index contributed by atoms with van der Waals surface area (Å²) in [4.78, 5) is 25.3. The third-order valence-electron chi connectivity index (χ3n) is 3.47. The average molecular weight is 246 g/mol. The number of amides is 3. The molecule has 1 aliphatic heterocycles. The van der Waals surface area contributed by atoms with Crippen molar-refractivity contribution in [1.82, 2.24) is 10.2 Å². The lowest BCUT2D eigenvalue weighted by molar-refractivity contribution is -0.131. The fraction of sp³-hybridized carbons (Fsp3) is 0.429.